The van der Waals surface area contributed by atoms with Gasteiger partial charge in [-0.15, -0.1) is 0 Å². The number of rotatable bonds is 9. The van der Waals surface area contributed by atoms with Crippen molar-refractivity contribution >= 4 is 11.9 Å². The summed E-state index contributed by atoms with van der Waals surface area (Å²) in [4.78, 5) is 27.5. The van der Waals surface area contributed by atoms with E-state index in [1.807, 2.05) is 67.6 Å². The molecule has 0 aliphatic carbocycles. The molecule has 0 radical (unpaired) electrons. The quantitative estimate of drug-likeness (QED) is 0.497. The van der Waals surface area contributed by atoms with E-state index in [1.54, 1.807) is 4.90 Å². The predicted molar refractivity (Wildman–Crippen MR) is 117 cm³/mol. The van der Waals surface area contributed by atoms with Crippen LogP contribution < -0.4 is 5.32 Å². The number of hydrogen-bond acceptors (Lipinski definition) is 5. The summed E-state index contributed by atoms with van der Waals surface area (Å²) in [6.45, 7) is 3.35. The van der Waals surface area contributed by atoms with E-state index >= 15 is 0 Å². The number of ether oxygens (including phenoxy) is 2. The minimum atomic E-state index is -0.763. The lowest BCUT2D eigenvalue weighted by Crippen LogP contribution is -2.67. The van der Waals surface area contributed by atoms with Crippen LogP contribution in [-0.2, 0) is 32.3 Å². The Morgan fingerprint density at radius 3 is 2.29 bits per heavy atom. The number of carbonyl (C=O) groups excluding carboxylic acids is 2. The molecule has 4 atom stereocenters. The molecule has 2 aromatic rings. The molecule has 6 nitrogen and oxygen atoms in total. The first-order chi connectivity index (χ1) is 15.1. The van der Waals surface area contributed by atoms with Crippen molar-refractivity contribution in [3.8, 4) is 0 Å². The zero-order valence-corrected chi connectivity index (χ0v) is 17.9. The van der Waals surface area contributed by atoms with Crippen molar-refractivity contribution in [3.05, 3.63) is 71.8 Å². The topological polar surface area (TPSA) is 67.9 Å². The van der Waals surface area contributed by atoms with Gasteiger partial charge < -0.3 is 19.7 Å². The van der Waals surface area contributed by atoms with Gasteiger partial charge in [0.15, 0.2) is 6.04 Å². The molecule has 2 aromatic carbocycles. The molecule has 6 heteroatoms. The van der Waals surface area contributed by atoms with Gasteiger partial charge in [0.05, 0.1) is 18.8 Å². The Morgan fingerprint density at radius 2 is 1.71 bits per heavy atom. The fourth-order valence-electron chi connectivity index (χ4n) is 4.43. The molecule has 2 saturated heterocycles. The van der Waals surface area contributed by atoms with E-state index in [9.17, 15) is 9.59 Å². The zero-order chi connectivity index (χ0) is 21.6. The summed E-state index contributed by atoms with van der Waals surface area (Å²) >= 11 is 0. The normalized spacial score (nSPS) is 22.6. The summed E-state index contributed by atoms with van der Waals surface area (Å²) in [5.41, 5.74) is 1.94. The van der Waals surface area contributed by atoms with Crippen molar-refractivity contribution in [2.45, 2.75) is 63.6 Å². The maximum absolute atomic E-state index is 13.2. The predicted octanol–water partition coefficient (Wildman–Crippen LogP) is 3.06. The first kappa shape index (κ1) is 21.5. The monoisotopic (exact) mass is 422 g/mol. The number of benzene rings is 2. The molecular weight excluding hydrogens is 392 g/mol. The van der Waals surface area contributed by atoms with Crippen LogP contribution in [0.1, 0.15) is 37.3 Å². The van der Waals surface area contributed by atoms with Crippen LogP contribution in [0.25, 0.3) is 0 Å². The number of likely N-dealkylation sites (tertiary alicyclic amines) is 1. The van der Waals surface area contributed by atoms with Gasteiger partial charge in [-0.1, -0.05) is 60.7 Å². The first-order valence-corrected chi connectivity index (χ1v) is 11.0. The summed E-state index contributed by atoms with van der Waals surface area (Å²) in [6, 6.07) is 18.9. The molecule has 2 aliphatic rings. The van der Waals surface area contributed by atoms with Crippen LogP contribution in [-0.4, -0.2) is 47.6 Å². The van der Waals surface area contributed by atoms with Crippen LogP contribution in [0, 0.1) is 0 Å². The molecule has 0 aromatic heterocycles. The lowest BCUT2D eigenvalue weighted by Gasteiger charge is -2.48. The van der Waals surface area contributed by atoms with Crippen molar-refractivity contribution in [1.29, 1.82) is 0 Å². The Balaban J connectivity index is 1.47. The highest BCUT2D eigenvalue weighted by atomic mass is 16.5. The lowest BCUT2D eigenvalue weighted by molar-refractivity contribution is -0.175. The number of β-lactam (4-membered cyclic amide) rings is 1. The zero-order valence-electron chi connectivity index (χ0n) is 17.9. The number of amides is 1. The van der Waals surface area contributed by atoms with Crippen molar-refractivity contribution in [2.75, 3.05) is 6.54 Å². The summed E-state index contributed by atoms with van der Waals surface area (Å²) in [7, 11) is 0. The number of esters is 1. The summed E-state index contributed by atoms with van der Waals surface area (Å²) in [6.07, 6.45) is 2.08. The second-order valence-corrected chi connectivity index (χ2v) is 8.32. The number of carbonyl (C=O) groups is 2. The standard InChI is InChI=1S/C25H30N2O4/c1-18(30-16-19-9-4-2-5-10-19)24(25(29)31-17-20-11-6-3-7-12-20)27-22(15-23(27)28)21-13-8-14-26-21/h2-7,9-12,18,21-22,24,26H,8,13-17H2,1H3/t18-,21?,22?,24+/m1/s1. The molecule has 2 aliphatic heterocycles. The molecule has 4 rings (SSSR count). The Kier molecular flexibility index (Phi) is 6.99. The Morgan fingerprint density at radius 1 is 1.06 bits per heavy atom. The van der Waals surface area contributed by atoms with Gasteiger partial charge in [-0.3, -0.25) is 4.79 Å². The average molecular weight is 423 g/mol. The summed E-state index contributed by atoms with van der Waals surface area (Å²) in [5.74, 6) is -0.434. The van der Waals surface area contributed by atoms with Crippen LogP contribution in [0.4, 0.5) is 0 Å². The van der Waals surface area contributed by atoms with Gasteiger partial charge in [-0.05, 0) is 37.4 Å². The van der Waals surface area contributed by atoms with Gasteiger partial charge in [-0.2, -0.15) is 0 Å². The number of nitrogens with one attached hydrogen (secondary N) is 1. The van der Waals surface area contributed by atoms with Crippen molar-refractivity contribution in [3.63, 3.8) is 0 Å². The molecule has 2 unspecified atom stereocenters. The number of nitrogens with zero attached hydrogens (tertiary/aromatic N) is 1. The van der Waals surface area contributed by atoms with Crippen molar-refractivity contribution in [1.82, 2.24) is 10.2 Å². The molecule has 164 valence electrons. The van der Waals surface area contributed by atoms with E-state index in [0.717, 1.165) is 30.5 Å². The Bertz CT molecular complexity index is 868. The summed E-state index contributed by atoms with van der Waals surface area (Å²) in [5, 5.41) is 3.47. The van der Waals surface area contributed by atoms with Crippen LogP contribution >= 0.6 is 0 Å². The van der Waals surface area contributed by atoms with Crippen LogP contribution in [0.5, 0.6) is 0 Å². The van der Waals surface area contributed by atoms with Crippen molar-refractivity contribution < 1.29 is 19.1 Å². The van der Waals surface area contributed by atoms with Gasteiger partial charge >= 0.3 is 5.97 Å². The molecule has 31 heavy (non-hydrogen) atoms. The van der Waals surface area contributed by atoms with Gasteiger partial charge in [0.25, 0.3) is 0 Å². The SMILES string of the molecule is C[C@@H](OCc1ccccc1)[C@@H](C(=O)OCc1ccccc1)N1C(=O)CC1C1CCCN1. The highest BCUT2D eigenvalue weighted by Crippen LogP contribution is 2.31. The average Bonchev–Trinajstić information content (AvgIpc) is 3.33. The Hall–Kier alpha value is -2.70. The second kappa shape index (κ2) is 10.1. The molecule has 2 fully saturated rings. The lowest BCUT2D eigenvalue weighted by atomic mass is 9.89. The molecule has 0 saturated carbocycles. The van der Waals surface area contributed by atoms with E-state index in [4.69, 9.17) is 9.47 Å². The highest BCUT2D eigenvalue weighted by Gasteiger charge is 2.50. The maximum atomic E-state index is 13.2. The van der Waals surface area contributed by atoms with Gasteiger partial charge in [0.1, 0.15) is 6.61 Å². The van der Waals surface area contributed by atoms with Crippen LogP contribution in [0.3, 0.4) is 0 Å². The van der Waals surface area contributed by atoms with E-state index in [1.165, 1.54) is 0 Å². The van der Waals surface area contributed by atoms with E-state index < -0.39 is 18.1 Å². The third kappa shape index (κ3) is 5.14. The molecule has 0 bridgehead atoms. The second-order valence-electron chi connectivity index (χ2n) is 8.32. The smallest absolute Gasteiger partial charge is 0.331 e. The third-order valence-corrected chi connectivity index (χ3v) is 6.16. The molecule has 1 amide bonds. The first-order valence-electron chi connectivity index (χ1n) is 11.0. The van der Waals surface area contributed by atoms with Gasteiger partial charge in [0, 0.05) is 12.5 Å². The molecular formula is C25H30N2O4. The summed E-state index contributed by atoms with van der Waals surface area (Å²) < 4.78 is 11.7. The minimum Gasteiger partial charge on any atom is -0.459 e. The van der Waals surface area contributed by atoms with E-state index in [2.05, 4.69) is 5.32 Å². The molecule has 1 N–H and O–H groups in total. The largest absolute Gasteiger partial charge is 0.459 e. The maximum Gasteiger partial charge on any atom is 0.331 e. The van der Waals surface area contributed by atoms with Gasteiger partial charge in [-0.25, -0.2) is 4.79 Å². The van der Waals surface area contributed by atoms with Crippen molar-refractivity contribution in [2.24, 2.45) is 0 Å². The fourth-order valence-corrected chi connectivity index (χ4v) is 4.43. The molecule has 0 spiro atoms. The van der Waals surface area contributed by atoms with E-state index in [-0.39, 0.29) is 24.6 Å². The van der Waals surface area contributed by atoms with Crippen LogP contribution in [0.15, 0.2) is 60.7 Å². The third-order valence-electron chi connectivity index (χ3n) is 6.16. The van der Waals surface area contributed by atoms with E-state index in [0.29, 0.717) is 13.0 Å². The number of hydrogen-bond donors (Lipinski definition) is 1. The van der Waals surface area contributed by atoms with Gasteiger partial charge in [0.2, 0.25) is 5.91 Å². The Labute approximate surface area is 183 Å². The molecule has 2 heterocycles. The fraction of sp³-hybridized carbons (Fsp3) is 0.440. The van der Waals surface area contributed by atoms with Crippen LogP contribution in [0.2, 0.25) is 0 Å². The minimum absolute atomic E-state index is 0.00653. The highest BCUT2D eigenvalue weighted by molar-refractivity contribution is 5.90.